The molecule has 0 spiro atoms. The molecule has 0 saturated heterocycles. The van der Waals surface area contributed by atoms with Gasteiger partial charge in [0.1, 0.15) is 5.76 Å². The fraction of sp³-hybridized carbons (Fsp3) is 0.316. The van der Waals surface area contributed by atoms with E-state index >= 15 is 0 Å². The number of hydrogen-bond donors (Lipinski definition) is 1. The fourth-order valence-electron chi connectivity index (χ4n) is 2.41. The molecular formula is C19H21ClN4O2S. The fourth-order valence-corrected chi connectivity index (χ4v) is 3.30. The van der Waals surface area contributed by atoms with Gasteiger partial charge in [-0.15, -0.1) is 10.2 Å². The topological polar surface area (TPSA) is 73.0 Å². The van der Waals surface area contributed by atoms with Crippen molar-refractivity contribution in [3.63, 3.8) is 0 Å². The van der Waals surface area contributed by atoms with E-state index in [2.05, 4.69) is 29.4 Å². The zero-order valence-corrected chi connectivity index (χ0v) is 16.8. The van der Waals surface area contributed by atoms with Crippen LogP contribution in [0.5, 0.6) is 0 Å². The van der Waals surface area contributed by atoms with E-state index in [9.17, 15) is 4.79 Å². The van der Waals surface area contributed by atoms with Gasteiger partial charge in [0.2, 0.25) is 5.91 Å². The summed E-state index contributed by atoms with van der Waals surface area (Å²) in [5.41, 5.74) is 0.898. The molecule has 0 unspecified atom stereocenters. The maximum atomic E-state index is 12.0. The Morgan fingerprint density at radius 3 is 2.70 bits per heavy atom. The van der Waals surface area contributed by atoms with Gasteiger partial charge in [-0.25, -0.2) is 0 Å². The largest absolute Gasteiger partial charge is 0.467 e. The molecule has 1 N–H and O–H groups in total. The number of thioether (sulfide) groups is 1. The second-order valence-corrected chi connectivity index (χ2v) is 7.84. The minimum Gasteiger partial charge on any atom is -0.467 e. The Balaban J connectivity index is 1.80. The average molecular weight is 405 g/mol. The summed E-state index contributed by atoms with van der Waals surface area (Å²) in [6, 6.07) is 11.2. The van der Waals surface area contributed by atoms with Crippen molar-refractivity contribution in [3.05, 3.63) is 53.4 Å². The van der Waals surface area contributed by atoms with Crippen LogP contribution in [-0.2, 0) is 11.3 Å². The number of nitrogens with zero attached hydrogens (tertiary/aromatic N) is 3. The molecule has 2 heterocycles. The lowest BCUT2D eigenvalue weighted by atomic mass is 10.2. The third-order valence-corrected chi connectivity index (χ3v) is 4.97. The molecule has 142 valence electrons. The van der Waals surface area contributed by atoms with Gasteiger partial charge in [-0.05, 0) is 42.3 Å². The van der Waals surface area contributed by atoms with Crippen LogP contribution in [0.15, 0.2) is 52.2 Å². The number of carbonyl (C=O) groups is 1. The first-order valence-electron chi connectivity index (χ1n) is 8.64. The van der Waals surface area contributed by atoms with Crippen LogP contribution < -0.4 is 5.32 Å². The summed E-state index contributed by atoms with van der Waals surface area (Å²) in [7, 11) is 0. The molecule has 0 radical (unpaired) electrons. The summed E-state index contributed by atoms with van der Waals surface area (Å²) < 4.78 is 7.42. The molecule has 0 aliphatic carbocycles. The van der Waals surface area contributed by atoms with Crippen LogP contribution in [0, 0.1) is 5.92 Å². The summed E-state index contributed by atoms with van der Waals surface area (Å²) >= 11 is 7.35. The summed E-state index contributed by atoms with van der Waals surface area (Å²) in [5, 5.41) is 12.8. The maximum absolute atomic E-state index is 12.0. The highest BCUT2D eigenvalue weighted by molar-refractivity contribution is 7.99. The summed E-state index contributed by atoms with van der Waals surface area (Å²) in [5.74, 6) is 2.17. The van der Waals surface area contributed by atoms with Gasteiger partial charge in [-0.3, -0.25) is 9.36 Å². The van der Waals surface area contributed by atoms with Crippen LogP contribution in [0.3, 0.4) is 0 Å². The number of aromatic nitrogens is 3. The van der Waals surface area contributed by atoms with E-state index in [1.807, 2.05) is 41.0 Å². The van der Waals surface area contributed by atoms with E-state index in [-0.39, 0.29) is 11.7 Å². The molecule has 0 saturated carbocycles. The zero-order chi connectivity index (χ0) is 19.2. The molecular weight excluding hydrogens is 384 g/mol. The number of nitrogens with one attached hydrogen (secondary N) is 1. The van der Waals surface area contributed by atoms with E-state index in [0.717, 1.165) is 11.3 Å². The highest BCUT2D eigenvalue weighted by Crippen LogP contribution is 2.26. The lowest BCUT2D eigenvalue weighted by Gasteiger charge is -2.10. The summed E-state index contributed by atoms with van der Waals surface area (Å²) in [6.07, 6.45) is 1.63. The van der Waals surface area contributed by atoms with Crippen molar-refractivity contribution in [1.82, 2.24) is 20.1 Å². The molecule has 3 rings (SSSR count). The molecule has 2 aromatic heterocycles. The molecule has 6 nitrogen and oxygen atoms in total. The molecule has 1 aromatic carbocycles. The van der Waals surface area contributed by atoms with Crippen LogP contribution in [0.25, 0.3) is 11.4 Å². The Bertz CT molecular complexity index is 876. The molecule has 27 heavy (non-hydrogen) atoms. The molecule has 0 bridgehead atoms. The quantitative estimate of drug-likeness (QED) is 0.572. The van der Waals surface area contributed by atoms with Gasteiger partial charge >= 0.3 is 0 Å². The zero-order valence-electron chi connectivity index (χ0n) is 15.2. The van der Waals surface area contributed by atoms with Gasteiger partial charge in [-0.1, -0.05) is 37.2 Å². The smallest absolute Gasteiger partial charge is 0.230 e. The van der Waals surface area contributed by atoms with Crippen molar-refractivity contribution in [1.29, 1.82) is 0 Å². The highest BCUT2D eigenvalue weighted by atomic mass is 35.5. The number of halogens is 1. The first kappa shape index (κ1) is 19.5. The molecule has 0 fully saturated rings. The average Bonchev–Trinajstić information content (AvgIpc) is 3.29. The highest BCUT2D eigenvalue weighted by Gasteiger charge is 2.17. The number of amides is 1. The Morgan fingerprint density at radius 1 is 1.26 bits per heavy atom. The number of carbonyl (C=O) groups excluding carboxylic acids is 1. The second-order valence-electron chi connectivity index (χ2n) is 6.47. The molecule has 1 amide bonds. The van der Waals surface area contributed by atoms with Crippen molar-refractivity contribution >= 4 is 29.3 Å². The predicted molar refractivity (Wildman–Crippen MR) is 107 cm³/mol. The number of rotatable bonds is 8. The lowest BCUT2D eigenvalue weighted by Crippen LogP contribution is -2.28. The first-order chi connectivity index (χ1) is 13.0. The molecule has 3 aromatic rings. The van der Waals surface area contributed by atoms with Crippen LogP contribution in [0.1, 0.15) is 19.6 Å². The predicted octanol–water partition coefficient (Wildman–Crippen LogP) is 4.10. The maximum Gasteiger partial charge on any atom is 0.230 e. The normalized spacial score (nSPS) is 11.1. The van der Waals surface area contributed by atoms with Crippen molar-refractivity contribution in [2.75, 3.05) is 12.3 Å². The van der Waals surface area contributed by atoms with Crippen molar-refractivity contribution in [2.24, 2.45) is 5.92 Å². The van der Waals surface area contributed by atoms with Gasteiger partial charge < -0.3 is 9.73 Å². The van der Waals surface area contributed by atoms with E-state index in [1.54, 1.807) is 6.26 Å². The lowest BCUT2D eigenvalue weighted by molar-refractivity contribution is -0.118. The first-order valence-corrected chi connectivity index (χ1v) is 10.0. The van der Waals surface area contributed by atoms with Gasteiger partial charge in [0, 0.05) is 17.1 Å². The van der Waals surface area contributed by atoms with Gasteiger partial charge in [0.05, 0.1) is 18.6 Å². The second kappa shape index (κ2) is 9.10. The van der Waals surface area contributed by atoms with Crippen molar-refractivity contribution in [2.45, 2.75) is 25.5 Å². The van der Waals surface area contributed by atoms with Gasteiger partial charge in [-0.2, -0.15) is 0 Å². The van der Waals surface area contributed by atoms with Crippen molar-refractivity contribution in [3.8, 4) is 11.4 Å². The minimum absolute atomic E-state index is 0.0192. The SMILES string of the molecule is CC(C)CNC(=O)CSc1nnc(-c2ccc(Cl)cc2)n1Cc1ccco1. The molecule has 0 aliphatic rings. The Labute approximate surface area is 167 Å². The van der Waals surface area contributed by atoms with Crippen molar-refractivity contribution < 1.29 is 9.21 Å². The molecule has 0 aliphatic heterocycles. The Kier molecular flexibility index (Phi) is 6.58. The summed E-state index contributed by atoms with van der Waals surface area (Å²) in [4.78, 5) is 12.0. The minimum atomic E-state index is -0.0192. The third-order valence-electron chi connectivity index (χ3n) is 3.75. The Hall–Kier alpha value is -2.25. The van der Waals surface area contributed by atoms with Crippen LogP contribution >= 0.6 is 23.4 Å². The monoisotopic (exact) mass is 404 g/mol. The summed E-state index contributed by atoms with van der Waals surface area (Å²) in [6.45, 7) is 5.26. The number of furan rings is 1. The third kappa shape index (κ3) is 5.37. The molecule has 8 heteroatoms. The number of hydrogen-bond acceptors (Lipinski definition) is 5. The van der Waals surface area contributed by atoms with Crippen LogP contribution in [0.4, 0.5) is 0 Å². The van der Waals surface area contributed by atoms with E-state index in [0.29, 0.717) is 35.0 Å². The van der Waals surface area contributed by atoms with Crippen LogP contribution in [0.2, 0.25) is 5.02 Å². The molecule has 0 atom stereocenters. The van der Waals surface area contributed by atoms with Gasteiger partial charge in [0.25, 0.3) is 0 Å². The number of benzene rings is 1. The van der Waals surface area contributed by atoms with E-state index in [4.69, 9.17) is 16.0 Å². The van der Waals surface area contributed by atoms with Gasteiger partial charge in [0.15, 0.2) is 11.0 Å². The standard InChI is InChI=1S/C19H21ClN4O2S/c1-13(2)10-21-17(25)12-27-19-23-22-18(14-5-7-15(20)8-6-14)24(19)11-16-4-3-9-26-16/h3-9,13H,10-12H2,1-2H3,(H,21,25). The van der Waals surface area contributed by atoms with Crippen LogP contribution in [-0.4, -0.2) is 33.0 Å². The van der Waals surface area contributed by atoms with E-state index < -0.39 is 0 Å². The van der Waals surface area contributed by atoms with E-state index in [1.165, 1.54) is 11.8 Å². The Morgan fingerprint density at radius 2 is 2.04 bits per heavy atom.